The molecular formula is C22H32N4O. The minimum absolute atomic E-state index is 0.698. The first-order valence-electron chi connectivity index (χ1n) is 10.4. The smallest absolute Gasteiger partial charge is 0.0648 e. The number of aryl methyl sites for hydroxylation is 1. The van der Waals surface area contributed by atoms with Crippen molar-refractivity contribution in [3.63, 3.8) is 0 Å². The topological polar surface area (TPSA) is 33.5 Å². The lowest BCUT2D eigenvalue weighted by Gasteiger charge is -2.37. The zero-order valence-electron chi connectivity index (χ0n) is 16.5. The maximum atomic E-state index is 5.48. The molecule has 0 spiro atoms. The van der Waals surface area contributed by atoms with Crippen LogP contribution in [0.2, 0.25) is 0 Å². The van der Waals surface area contributed by atoms with Crippen LogP contribution in [0.1, 0.15) is 36.8 Å². The van der Waals surface area contributed by atoms with Crippen LogP contribution in [-0.2, 0) is 11.3 Å². The van der Waals surface area contributed by atoms with Crippen LogP contribution in [0.25, 0.3) is 5.69 Å². The summed E-state index contributed by atoms with van der Waals surface area (Å²) in [7, 11) is 0. The van der Waals surface area contributed by atoms with Gasteiger partial charge in [-0.1, -0.05) is 18.6 Å². The summed E-state index contributed by atoms with van der Waals surface area (Å²) in [6.45, 7) is 9.53. The third kappa shape index (κ3) is 4.98. The number of hydrogen-bond donors (Lipinski definition) is 0. The van der Waals surface area contributed by atoms with Gasteiger partial charge in [0.1, 0.15) is 0 Å². The van der Waals surface area contributed by atoms with Gasteiger partial charge in [0, 0.05) is 37.4 Å². The molecule has 2 fully saturated rings. The van der Waals surface area contributed by atoms with Crippen LogP contribution >= 0.6 is 0 Å². The van der Waals surface area contributed by atoms with E-state index in [1.54, 1.807) is 0 Å². The molecule has 0 N–H and O–H groups in total. The zero-order chi connectivity index (χ0) is 18.5. The van der Waals surface area contributed by atoms with E-state index >= 15 is 0 Å². The lowest BCUT2D eigenvalue weighted by molar-refractivity contribution is 0.0302. The summed E-state index contributed by atoms with van der Waals surface area (Å²) >= 11 is 0. The Hall–Kier alpha value is -1.69. The van der Waals surface area contributed by atoms with Crippen molar-refractivity contribution in [3.05, 3.63) is 47.8 Å². The third-order valence-corrected chi connectivity index (χ3v) is 5.92. The van der Waals surface area contributed by atoms with Crippen LogP contribution in [-0.4, -0.2) is 65.0 Å². The van der Waals surface area contributed by atoms with Crippen molar-refractivity contribution in [3.8, 4) is 5.69 Å². The van der Waals surface area contributed by atoms with Gasteiger partial charge in [0.2, 0.25) is 0 Å². The number of hydrogen-bond acceptors (Lipinski definition) is 4. The predicted octanol–water partition coefficient (Wildman–Crippen LogP) is 3.26. The SMILES string of the molecule is Cc1cccc(-n2cc(CN3CCCCC3CCN3CCOCC3)cn2)c1. The van der Waals surface area contributed by atoms with Crippen molar-refractivity contribution in [1.29, 1.82) is 0 Å². The summed E-state index contributed by atoms with van der Waals surface area (Å²) in [6.07, 6.45) is 9.52. The number of benzene rings is 1. The molecule has 3 heterocycles. The lowest BCUT2D eigenvalue weighted by atomic mass is 9.98. The maximum Gasteiger partial charge on any atom is 0.0648 e. The van der Waals surface area contributed by atoms with E-state index in [2.05, 4.69) is 52.3 Å². The minimum Gasteiger partial charge on any atom is -0.379 e. The van der Waals surface area contributed by atoms with Crippen LogP contribution in [0, 0.1) is 6.92 Å². The van der Waals surface area contributed by atoms with E-state index in [4.69, 9.17) is 4.74 Å². The lowest BCUT2D eigenvalue weighted by Crippen LogP contribution is -2.43. The Morgan fingerprint density at radius 2 is 2.04 bits per heavy atom. The first-order valence-corrected chi connectivity index (χ1v) is 10.4. The molecule has 1 aromatic heterocycles. The van der Waals surface area contributed by atoms with Crippen LogP contribution in [0.3, 0.4) is 0 Å². The Kier molecular flexibility index (Phi) is 6.22. The summed E-state index contributed by atoms with van der Waals surface area (Å²) in [6, 6.07) is 9.22. The maximum absolute atomic E-state index is 5.48. The normalized spacial score (nSPS) is 22.2. The standard InChI is InChI=1S/C22H32N4O/c1-19-5-4-7-22(15-19)26-18-20(16-23-26)17-25-9-3-2-6-21(25)8-10-24-11-13-27-14-12-24/h4-5,7,15-16,18,21H,2-3,6,8-14,17H2,1H3. The number of piperidine rings is 1. The first-order chi connectivity index (χ1) is 13.3. The molecule has 4 rings (SSSR count). The molecule has 146 valence electrons. The third-order valence-electron chi connectivity index (χ3n) is 5.92. The number of morpholine rings is 1. The Bertz CT molecular complexity index is 723. The van der Waals surface area contributed by atoms with Crippen LogP contribution < -0.4 is 0 Å². The monoisotopic (exact) mass is 368 g/mol. The van der Waals surface area contributed by atoms with Crippen molar-refractivity contribution < 1.29 is 4.74 Å². The van der Waals surface area contributed by atoms with Crippen LogP contribution in [0.15, 0.2) is 36.7 Å². The quantitative estimate of drug-likeness (QED) is 0.784. The van der Waals surface area contributed by atoms with E-state index in [0.717, 1.165) is 38.5 Å². The molecule has 2 aromatic rings. The largest absolute Gasteiger partial charge is 0.379 e. The van der Waals surface area contributed by atoms with E-state index in [1.807, 2.05) is 10.9 Å². The molecule has 0 bridgehead atoms. The first kappa shape index (κ1) is 18.7. The second kappa shape index (κ2) is 9.00. The van der Waals surface area contributed by atoms with Crippen LogP contribution in [0.5, 0.6) is 0 Å². The van der Waals surface area contributed by atoms with E-state index in [1.165, 1.54) is 49.9 Å². The van der Waals surface area contributed by atoms with Gasteiger partial charge in [-0.15, -0.1) is 0 Å². The molecule has 1 unspecified atom stereocenters. The molecule has 2 aliphatic heterocycles. The van der Waals surface area contributed by atoms with E-state index in [9.17, 15) is 0 Å². The van der Waals surface area contributed by atoms with Gasteiger partial charge in [-0.2, -0.15) is 5.10 Å². The highest BCUT2D eigenvalue weighted by molar-refractivity contribution is 5.35. The van der Waals surface area contributed by atoms with Gasteiger partial charge < -0.3 is 4.74 Å². The Balaban J connectivity index is 1.36. The number of likely N-dealkylation sites (tertiary alicyclic amines) is 1. The molecule has 1 atom stereocenters. The van der Waals surface area contributed by atoms with E-state index in [-0.39, 0.29) is 0 Å². The summed E-state index contributed by atoms with van der Waals surface area (Å²) in [5.41, 5.74) is 3.72. The highest BCUT2D eigenvalue weighted by Gasteiger charge is 2.24. The highest BCUT2D eigenvalue weighted by Crippen LogP contribution is 2.23. The second-order valence-corrected chi connectivity index (χ2v) is 7.99. The summed E-state index contributed by atoms with van der Waals surface area (Å²) in [4.78, 5) is 5.24. The fourth-order valence-electron chi connectivity index (χ4n) is 4.34. The molecule has 0 aliphatic carbocycles. The molecule has 1 aromatic carbocycles. The molecule has 2 saturated heterocycles. The average molecular weight is 369 g/mol. The molecule has 2 aliphatic rings. The van der Waals surface area contributed by atoms with Gasteiger partial charge >= 0.3 is 0 Å². The molecule has 0 amide bonds. The van der Waals surface area contributed by atoms with Gasteiger partial charge in [0.25, 0.3) is 0 Å². The molecule has 27 heavy (non-hydrogen) atoms. The van der Waals surface area contributed by atoms with Gasteiger partial charge in [0.15, 0.2) is 0 Å². The van der Waals surface area contributed by atoms with Crippen molar-refractivity contribution in [2.75, 3.05) is 39.4 Å². The number of nitrogens with zero attached hydrogens (tertiary/aromatic N) is 4. The minimum atomic E-state index is 0.698. The Morgan fingerprint density at radius 1 is 1.15 bits per heavy atom. The summed E-state index contributed by atoms with van der Waals surface area (Å²) < 4.78 is 7.49. The Morgan fingerprint density at radius 3 is 2.89 bits per heavy atom. The second-order valence-electron chi connectivity index (χ2n) is 7.99. The van der Waals surface area contributed by atoms with Gasteiger partial charge in [0.05, 0.1) is 25.1 Å². The molecule has 5 heteroatoms. The fourth-order valence-corrected chi connectivity index (χ4v) is 4.34. The molecular weight excluding hydrogens is 336 g/mol. The number of rotatable bonds is 6. The van der Waals surface area contributed by atoms with Gasteiger partial charge in [-0.25, -0.2) is 4.68 Å². The van der Waals surface area contributed by atoms with Gasteiger partial charge in [-0.05, 0) is 57.0 Å². The highest BCUT2D eigenvalue weighted by atomic mass is 16.5. The summed E-state index contributed by atoms with van der Waals surface area (Å²) in [5.74, 6) is 0. The molecule has 5 nitrogen and oxygen atoms in total. The van der Waals surface area contributed by atoms with Crippen molar-refractivity contribution in [2.45, 2.75) is 45.2 Å². The average Bonchev–Trinajstić information content (AvgIpc) is 3.17. The predicted molar refractivity (Wildman–Crippen MR) is 108 cm³/mol. The number of aromatic nitrogens is 2. The summed E-state index contributed by atoms with van der Waals surface area (Å²) in [5, 5.41) is 4.61. The van der Waals surface area contributed by atoms with Crippen molar-refractivity contribution in [2.24, 2.45) is 0 Å². The van der Waals surface area contributed by atoms with Gasteiger partial charge in [-0.3, -0.25) is 9.80 Å². The van der Waals surface area contributed by atoms with E-state index < -0.39 is 0 Å². The van der Waals surface area contributed by atoms with Crippen molar-refractivity contribution in [1.82, 2.24) is 19.6 Å². The zero-order valence-corrected chi connectivity index (χ0v) is 16.5. The van der Waals surface area contributed by atoms with Crippen molar-refractivity contribution >= 4 is 0 Å². The number of ether oxygens (including phenoxy) is 1. The molecule has 0 saturated carbocycles. The van der Waals surface area contributed by atoms with E-state index in [0.29, 0.717) is 6.04 Å². The molecule has 0 radical (unpaired) electrons. The Labute approximate surface area is 162 Å². The van der Waals surface area contributed by atoms with Crippen LogP contribution in [0.4, 0.5) is 0 Å². The fraction of sp³-hybridized carbons (Fsp3) is 0.591.